The Hall–Kier alpha value is -2.28. The fourth-order valence-electron chi connectivity index (χ4n) is 3.85. The largest absolute Gasteiger partial charge is 0.493 e. The number of methoxy groups -OCH3 is 2. The number of fused-ring (bicyclic) bond motifs is 1. The van der Waals surface area contributed by atoms with Gasteiger partial charge in [0, 0.05) is 30.1 Å². The molecule has 0 aliphatic carbocycles. The molecule has 1 aromatic heterocycles. The third-order valence-electron chi connectivity index (χ3n) is 5.80. The molecule has 0 bridgehead atoms. The molecule has 1 saturated heterocycles. The number of nitrogens with two attached hydrogens (primary N) is 1. The van der Waals surface area contributed by atoms with Crippen LogP contribution in [0.4, 0.5) is 11.8 Å². The lowest BCUT2D eigenvalue weighted by atomic mass is 9.84. The van der Waals surface area contributed by atoms with E-state index in [0.29, 0.717) is 23.3 Å². The van der Waals surface area contributed by atoms with Crippen LogP contribution in [-0.2, 0) is 0 Å². The molecule has 1 fully saturated rings. The van der Waals surface area contributed by atoms with E-state index in [1.54, 1.807) is 14.2 Å². The number of aromatic nitrogens is 2. The van der Waals surface area contributed by atoms with E-state index < -0.39 is 0 Å². The average Bonchev–Trinajstić information content (AvgIpc) is 2.66. The molecule has 1 aliphatic rings. The molecule has 3 rings (SSSR count). The van der Waals surface area contributed by atoms with Gasteiger partial charge in [-0.2, -0.15) is 4.98 Å². The first kappa shape index (κ1) is 18.5. The highest BCUT2D eigenvalue weighted by Crippen LogP contribution is 2.35. The van der Waals surface area contributed by atoms with E-state index in [4.69, 9.17) is 20.2 Å². The smallest absolute Gasteiger partial charge is 0.227 e. The lowest BCUT2D eigenvalue weighted by molar-refractivity contribution is 0.111. The summed E-state index contributed by atoms with van der Waals surface area (Å²) in [5, 5.41) is 0.777. The average molecular weight is 359 g/mol. The zero-order valence-electron chi connectivity index (χ0n) is 16.4. The molecule has 0 amide bonds. The van der Waals surface area contributed by atoms with Crippen molar-refractivity contribution >= 4 is 22.7 Å². The summed E-state index contributed by atoms with van der Waals surface area (Å²) in [5.74, 6) is 2.41. The molecule has 142 valence electrons. The first-order chi connectivity index (χ1) is 12.4. The van der Waals surface area contributed by atoms with Gasteiger partial charge in [0.05, 0.1) is 19.7 Å². The predicted octanol–water partition coefficient (Wildman–Crippen LogP) is 2.54. The Labute approximate surface area is 155 Å². The number of hydrogen-bond acceptors (Lipinski definition) is 7. The number of nitrogen functional groups attached to an aromatic ring is 1. The van der Waals surface area contributed by atoms with Crippen molar-refractivity contribution in [1.82, 2.24) is 14.9 Å². The molecule has 0 saturated carbocycles. The van der Waals surface area contributed by atoms with Gasteiger partial charge < -0.3 is 25.0 Å². The van der Waals surface area contributed by atoms with Gasteiger partial charge in [0.15, 0.2) is 11.5 Å². The van der Waals surface area contributed by atoms with Crippen LogP contribution in [0.15, 0.2) is 12.1 Å². The number of hydrogen-bond donors (Lipinski definition) is 1. The molecule has 0 spiro atoms. The summed E-state index contributed by atoms with van der Waals surface area (Å²) in [4.78, 5) is 13.9. The molecular weight excluding hydrogens is 330 g/mol. The number of rotatable bonds is 5. The number of piperidine rings is 1. The molecule has 7 nitrogen and oxygen atoms in total. The van der Waals surface area contributed by atoms with Crippen LogP contribution < -0.4 is 20.1 Å². The Morgan fingerprint density at radius 3 is 2.27 bits per heavy atom. The lowest BCUT2D eigenvalue weighted by Gasteiger charge is -2.45. The summed E-state index contributed by atoms with van der Waals surface area (Å²) in [5.41, 5.74) is 7.25. The van der Waals surface area contributed by atoms with Gasteiger partial charge in [-0.25, -0.2) is 4.98 Å². The minimum absolute atomic E-state index is 0.259. The van der Waals surface area contributed by atoms with Crippen molar-refractivity contribution in [3.05, 3.63) is 12.1 Å². The standard InChI is InChI=1S/C19H29N5O2/c1-6-19(23(2)3)7-9-24(10-8-19)18-21-14-12-16(26-5)15(25-4)11-13(14)17(20)22-18/h11-12H,6-10H2,1-5H3,(H2,20,21,22). The van der Waals surface area contributed by atoms with E-state index in [-0.39, 0.29) is 5.54 Å². The number of nitrogens with zero attached hydrogens (tertiary/aromatic N) is 4. The maximum atomic E-state index is 6.22. The van der Waals surface area contributed by atoms with Crippen LogP contribution >= 0.6 is 0 Å². The van der Waals surface area contributed by atoms with Crippen LogP contribution in [-0.4, -0.2) is 61.8 Å². The van der Waals surface area contributed by atoms with Gasteiger partial charge in [-0.05, 0) is 39.4 Å². The van der Waals surface area contributed by atoms with E-state index >= 15 is 0 Å². The monoisotopic (exact) mass is 359 g/mol. The highest BCUT2D eigenvalue weighted by Gasteiger charge is 2.35. The van der Waals surface area contributed by atoms with Crippen LogP contribution in [0.2, 0.25) is 0 Å². The third-order valence-corrected chi connectivity index (χ3v) is 5.80. The van der Waals surface area contributed by atoms with Crippen LogP contribution in [0, 0.1) is 0 Å². The Morgan fingerprint density at radius 2 is 1.73 bits per heavy atom. The van der Waals surface area contributed by atoms with Crippen molar-refractivity contribution in [2.75, 3.05) is 52.0 Å². The Morgan fingerprint density at radius 1 is 1.12 bits per heavy atom. The summed E-state index contributed by atoms with van der Waals surface area (Å²) in [6.45, 7) is 4.11. The quantitative estimate of drug-likeness (QED) is 0.879. The van der Waals surface area contributed by atoms with Gasteiger partial charge in [0.25, 0.3) is 0 Å². The van der Waals surface area contributed by atoms with Crippen molar-refractivity contribution < 1.29 is 9.47 Å². The molecule has 1 aromatic carbocycles. The van der Waals surface area contributed by atoms with Gasteiger partial charge in [-0.1, -0.05) is 6.92 Å². The first-order valence-electron chi connectivity index (χ1n) is 9.05. The number of benzene rings is 1. The molecule has 1 aliphatic heterocycles. The third kappa shape index (κ3) is 3.11. The molecule has 26 heavy (non-hydrogen) atoms. The van der Waals surface area contributed by atoms with E-state index in [0.717, 1.165) is 43.3 Å². The Kier molecular flexibility index (Phi) is 5.09. The zero-order chi connectivity index (χ0) is 18.9. The molecule has 2 N–H and O–H groups in total. The molecule has 0 atom stereocenters. The molecule has 7 heteroatoms. The Balaban J connectivity index is 1.92. The minimum atomic E-state index is 0.259. The predicted molar refractivity (Wildman–Crippen MR) is 105 cm³/mol. The Bertz CT molecular complexity index is 785. The molecular formula is C19H29N5O2. The van der Waals surface area contributed by atoms with Crippen LogP contribution in [0.3, 0.4) is 0 Å². The van der Waals surface area contributed by atoms with Crippen molar-refractivity contribution in [1.29, 1.82) is 0 Å². The summed E-state index contributed by atoms with van der Waals surface area (Å²) in [6, 6.07) is 3.69. The SMILES string of the molecule is CCC1(N(C)C)CCN(c2nc(N)c3cc(OC)c(OC)cc3n2)CC1. The van der Waals surface area contributed by atoms with Gasteiger partial charge in [-0.15, -0.1) is 0 Å². The van der Waals surface area contributed by atoms with Crippen LogP contribution in [0.1, 0.15) is 26.2 Å². The molecule has 0 unspecified atom stereocenters. The van der Waals surface area contributed by atoms with Gasteiger partial charge >= 0.3 is 0 Å². The van der Waals surface area contributed by atoms with Gasteiger partial charge in [0.2, 0.25) is 5.95 Å². The molecule has 2 heterocycles. The second kappa shape index (κ2) is 7.15. The van der Waals surface area contributed by atoms with Crippen molar-refractivity contribution in [2.45, 2.75) is 31.7 Å². The fourth-order valence-corrected chi connectivity index (χ4v) is 3.85. The van der Waals surface area contributed by atoms with E-state index in [2.05, 4.69) is 35.8 Å². The summed E-state index contributed by atoms with van der Waals surface area (Å²) >= 11 is 0. The fraction of sp³-hybridized carbons (Fsp3) is 0.579. The summed E-state index contributed by atoms with van der Waals surface area (Å²) in [7, 11) is 7.56. The zero-order valence-corrected chi connectivity index (χ0v) is 16.4. The summed E-state index contributed by atoms with van der Waals surface area (Å²) in [6.07, 6.45) is 3.32. The van der Waals surface area contributed by atoms with E-state index in [1.165, 1.54) is 0 Å². The van der Waals surface area contributed by atoms with Crippen LogP contribution in [0.5, 0.6) is 11.5 Å². The topological polar surface area (TPSA) is 76.7 Å². The van der Waals surface area contributed by atoms with Crippen molar-refractivity contribution in [2.24, 2.45) is 0 Å². The lowest BCUT2D eigenvalue weighted by Crippen LogP contribution is -2.52. The van der Waals surface area contributed by atoms with Crippen LogP contribution in [0.25, 0.3) is 10.9 Å². The molecule has 0 radical (unpaired) electrons. The highest BCUT2D eigenvalue weighted by molar-refractivity contribution is 5.91. The van der Waals surface area contributed by atoms with Gasteiger partial charge in [-0.3, -0.25) is 0 Å². The highest BCUT2D eigenvalue weighted by atomic mass is 16.5. The molecule has 2 aromatic rings. The summed E-state index contributed by atoms with van der Waals surface area (Å²) < 4.78 is 10.7. The normalized spacial score (nSPS) is 16.9. The second-order valence-corrected chi connectivity index (χ2v) is 7.09. The van der Waals surface area contributed by atoms with Gasteiger partial charge in [0.1, 0.15) is 5.82 Å². The second-order valence-electron chi connectivity index (χ2n) is 7.09. The minimum Gasteiger partial charge on any atom is -0.493 e. The van der Waals surface area contributed by atoms with E-state index in [1.807, 2.05) is 12.1 Å². The van der Waals surface area contributed by atoms with E-state index in [9.17, 15) is 0 Å². The first-order valence-corrected chi connectivity index (χ1v) is 9.05. The van der Waals surface area contributed by atoms with Crippen molar-refractivity contribution in [3.63, 3.8) is 0 Å². The maximum absolute atomic E-state index is 6.22. The number of ether oxygens (including phenoxy) is 2. The number of anilines is 2. The van der Waals surface area contributed by atoms with Crippen molar-refractivity contribution in [3.8, 4) is 11.5 Å². The maximum Gasteiger partial charge on any atom is 0.227 e.